The van der Waals surface area contributed by atoms with Crippen molar-refractivity contribution >= 4 is 12.0 Å². The number of hydrogen-bond donors (Lipinski definition) is 1. The van der Waals surface area contributed by atoms with Crippen LogP contribution in [0.15, 0.2) is 78.9 Å². The second kappa shape index (κ2) is 10.1. The van der Waals surface area contributed by atoms with Gasteiger partial charge in [0.05, 0.1) is 0 Å². The van der Waals surface area contributed by atoms with E-state index in [2.05, 4.69) is 29.6 Å². The smallest absolute Gasteiger partial charge is 0.348 e. The van der Waals surface area contributed by atoms with Gasteiger partial charge in [-0.2, -0.15) is 4.89 Å². The number of carbonyl (C=O) groups excluding carboxylic acids is 2. The molecule has 3 aromatic rings. The van der Waals surface area contributed by atoms with Gasteiger partial charge >= 0.3 is 6.09 Å². The van der Waals surface area contributed by atoms with Crippen LogP contribution in [0.2, 0.25) is 0 Å². The third-order valence-corrected chi connectivity index (χ3v) is 6.63. The zero-order chi connectivity index (χ0) is 23.3. The highest BCUT2D eigenvalue weighted by atomic mass is 17.2. The van der Waals surface area contributed by atoms with Crippen LogP contribution in [0.3, 0.4) is 0 Å². The van der Waals surface area contributed by atoms with E-state index in [1.165, 1.54) is 22.3 Å². The van der Waals surface area contributed by atoms with Gasteiger partial charge in [-0.1, -0.05) is 66.7 Å². The van der Waals surface area contributed by atoms with Gasteiger partial charge in [-0.15, -0.1) is 0 Å². The number of nitrogens with one attached hydrogen (secondary N) is 1. The molecule has 1 unspecified atom stereocenters. The van der Waals surface area contributed by atoms with E-state index in [9.17, 15) is 9.59 Å². The van der Waals surface area contributed by atoms with E-state index in [1.54, 1.807) is 17.0 Å². The Balaban J connectivity index is 1.18. The summed E-state index contributed by atoms with van der Waals surface area (Å²) in [7, 11) is 0. The van der Waals surface area contributed by atoms with Crippen molar-refractivity contribution in [1.29, 1.82) is 0 Å². The van der Waals surface area contributed by atoms with Crippen LogP contribution in [0.25, 0.3) is 11.1 Å². The molecule has 0 radical (unpaired) electrons. The minimum absolute atomic E-state index is 0.0160. The number of likely N-dealkylation sites (tertiary alicyclic amines) is 1. The normalized spacial score (nSPS) is 17.4. The van der Waals surface area contributed by atoms with Crippen molar-refractivity contribution in [1.82, 2.24) is 10.2 Å². The first-order chi connectivity index (χ1) is 16.7. The highest BCUT2D eigenvalue weighted by molar-refractivity contribution is 5.94. The Hall–Kier alpha value is -3.64. The molecule has 1 fully saturated rings. The van der Waals surface area contributed by atoms with Crippen LogP contribution in [0.4, 0.5) is 4.79 Å². The fourth-order valence-corrected chi connectivity index (χ4v) is 4.93. The average Bonchev–Trinajstić information content (AvgIpc) is 3.01. The molecule has 1 saturated heterocycles. The SMILES string of the molecule is O=C(NC1CCCCN(C(=O)OOCC2c3ccccc3-c3ccccc32)C1)c1ccccc1. The lowest BCUT2D eigenvalue weighted by molar-refractivity contribution is -0.247. The number of nitrogens with zero attached hydrogens (tertiary/aromatic N) is 1. The Morgan fingerprint density at radius 3 is 2.21 bits per heavy atom. The Morgan fingerprint density at radius 2 is 1.50 bits per heavy atom. The molecular weight excluding hydrogens is 428 g/mol. The summed E-state index contributed by atoms with van der Waals surface area (Å²) >= 11 is 0. The fraction of sp³-hybridized carbons (Fsp3) is 0.286. The first-order valence-corrected chi connectivity index (χ1v) is 11.8. The molecule has 3 aromatic carbocycles. The van der Waals surface area contributed by atoms with E-state index in [-0.39, 0.29) is 24.5 Å². The highest BCUT2D eigenvalue weighted by Crippen LogP contribution is 2.44. The van der Waals surface area contributed by atoms with Crippen molar-refractivity contribution in [2.75, 3.05) is 19.7 Å². The maximum absolute atomic E-state index is 12.8. The molecule has 0 spiro atoms. The molecule has 1 aliphatic heterocycles. The maximum atomic E-state index is 12.8. The minimum atomic E-state index is -0.513. The summed E-state index contributed by atoms with van der Waals surface area (Å²) in [6.45, 7) is 1.23. The van der Waals surface area contributed by atoms with Gasteiger partial charge in [0.1, 0.15) is 6.61 Å². The molecule has 6 nitrogen and oxygen atoms in total. The average molecular weight is 457 g/mol. The molecule has 2 amide bonds. The third-order valence-electron chi connectivity index (χ3n) is 6.63. The van der Waals surface area contributed by atoms with Gasteiger partial charge in [0.2, 0.25) is 0 Å². The summed E-state index contributed by atoms with van der Waals surface area (Å²) in [5.41, 5.74) is 5.36. The molecule has 2 aliphatic rings. The summed E-state index contributed by atoms with van der Waals surface area (Å²) in [4.78, 5) is 37.7. The molecule has 1 N–H and O–H groups in total. The van der Waals surface area contributed by atoms with Crippen LogP contribution in [0.1, 0.15) is 46.7 Å². The van der Waals surface area contributed by atoms with Crippen molar-refractivity contribution < 1.29 is 19.4 Å². The van der Waals surface area contributed by atoms with Gasteiger partial charge in [-0.3, -0.25) is 9.68 Å². The van der Waals surface area contributed by atoms with Crippen LogP contribution >= 0.6 is 0 Å². The number of rotatable bonds is 5. The first kappa shape index (κ1) is 22.2. The summed E-state index contributed by atoms with van der Waals surface area (Å²) in [6.07, 6.45) is 2.09. The number of fused-ring (bicyclic) bond motifs is 3. The molecule has 1 atom stereocenters. The predicted octanol–water partition coefficient (Wildman–Crippen LogP) is 5.15. The lowest BCUT2D eigenvalue weighted by atomic mass is 9.98. The van der Waals surface area contributed by atoms with Crippen molar-refractivity contribution in [2.45, 2.75) is 31.2 Å². The second-order valence-corrected chi connectivity index (χ2v) is 8.84. The van der Waals surface area contributed by atoms with Crippen molar-refractivity contribution in [2.24, 2.45) is 0 Å². The molecule has 6 heteroatoms. The summed E-state index contributed by atoms with van der Waals surface area (Å²) < 4.78 is 0. The van der Waals surface area contributed by atoms with Gasteiger partial charge < -0.3 is 10.2 Å². The Morgan fingerprint density at radius 1 is 0.853 bits per heavy atom. The minimum Gasteiger partial charge on any atom is -0.348 e. The van der Waals surface area contributed by atoms with Crippen molar-refractivity contribution in [3.63, 3.8) is 0 Å². The molecule has 0 bridgehead atoms. The van der Waals surface area contributed by atoms with Crippen LogP contribution in [0, 0.1) is 0 Å². The fourth-order valence-electron chi connectivity index (χ4n) is 4.93. The molecule has 174 valence electrons. The second-order valence-electron chi connectivity index (χ2n) is 8.84. The van der Waals surface area contributed by atoms with Crippen molar-refractivity contribution in [3.8, 4) is 11.1 Å². The Bertz CT molecular complexity index is 1120. The number of carbonyl (C=O) groups is 2. The summed E-state index contributed by atoms with van der Waals surface area (Å²) in [6, 6.07) is 25.5. The van der Waals surface area contributed by atoms with Crippen LogP contribution < -0.4 is 5.32 Å². The van der Waals surface area contributed by atoms with Gasteiger partial charge in [0.15, 0.2) is 0 Å². The molecule has 0 saturated carbocycles. The van der Waals surface area contributed by atoms with Crippen LogP contribution in [-0.2, 0) is 9.78 Å². The predicted molar refractivity (Wildman–Crippen MR) is 129 cm³/mol. The van der Waals surface area contributed by atoms with Crippen molar-refractivity contribution in [3.05, 3.63) is 95.6 Å². The Kier molecular flexibility index (Phi) is 6.58. The topological polar surface area (TPSA) is 67.9 Å². The van der Waals surface area contributed by atoms with E-state index >= 15 is 0 Å². The van der Waals surface area contributed by atoms with Gasteiger partial charge in [-0.05, 0) is 53.6 Å². The summed E-state index contributed by atoms with van der Waals surface area (Å²) in [5.74, 6) is -0.113. The van der Waals surface area contributed by atoms with E-state index in [0.717, 1.165) is 19.3 Å². The van der Waals surface area contributed by atoms with Gasteiger partial charge in [-0.25, -0.2) is 4.79 Å². The standard InChI is InChI=1S/C28H28N2O4/c31-27(20-10-2-1-3-11-20)29-21-12-8-9-17-30(18-21)28(32)34-33-19-26-24-15-6-4-13-22(24)23-14-5-7-16-25(23)26/h1-7,10-11,13-16,21,26H,8-9,12,17-19H2,(H,29,31). The highest BCUT2D eigenvalue weighted by Gasteiger charge is 2.30. The van der Waals surface area contributed by atoms with E-state index in [1.807, 2.05) is 42.5 Å². The number of hydrogen-bond acceptors (Lipinski definition) is 4. The molecule has 5 rings (SSSR count). The van der Waals surface area contributed by atoms with Gasteiger partial charge in [0.25, 0.3) is 5.91 Å². The molecule has 1 aliphatic carbocycles. The zero-order valence-electron chi connectivity index (χ0n) is 19.0. The van der Waals surface area contributed by atoms with E-state index in [0.29, 0.717) is 18.7 Å². The molecular formula is C28H28N2O4. The summed E-state index contributed by atoms with van der Waals surface area (Å²) in [5, 5.41) is 3.05. The molecule has 1 heterocycles. The largest absolute Gasteiger partial charge is 0.441 e. The van der Waals surface area contributed by atoms with Crippen LogP contribution in [-0.4, -0.2) is 42.6 Å². The van der Waals surface area contributed by atoms with Gasteiger partial charge in [0, 0.05) is 30.6 Å². The first-order valence-electron chi connectivity index (χ1n) is 11.8. The van der Waals surface area contributed by atoms with E-state index < -0.39 is 6.09 Å². The van der Waals surface area contributed by atoms with Crippen LogP contribution in [0.5, 0.6) is 0 Å². The third kappa shape index (κ3) is 4.68. The lowest BCUT2D eigenvalue weighted by Gasteiger charge is -2.24. The lowest BCUT2D eigenvalue weighted by Crippen LogP contribution is -2.44. The Labute approximate surface area is 199 Å². The number of benzene rings is 3. The quantitative estimate of drug-likeness (QED) is 0.426. The number of amides is 2. The monoisotopic (exact) mass is 456 g/mol. The van der Waals surface area contributed by atoms with E-state index in [4.69, 9.17) is 9.78 Å². The molecule has 34 heavy (non-hydrogen) atoms. The maximum Gasteiger partial charge on any atom is 0.441 e. The zero-order valence-corrected chi connectivity index (χ0v) is 19.0. The molecule has 0 aromatic heterocycles.